The summed E-state index contributed by atoms with van der Waals surface area (Å²) < 4.78 is 21.6. The second-order valence-electron chi connectivity index (χ2n) is 8.66. The smallest absolute Gasteiger partial charge is 0.227 e. The van der Waals surface area contributed by atoms with Gasteiger partial charge in [0.15, 0.2) is 0 Å². The number of hydrogen-bond donors (Lipinski definition) is 0. The van der Waals surface area contributed by atoms with E-state index in [1.54, 1.807) is 17.0 Å². The lowest BCUT2D eigenvalue weighted by Crippen LogP contribution is -2.24. The molecule has 4 aromatic rings. The van der Waals surface area contributed by atoms with E-state index in [-0.39, 0.29) is 17.6 Å². The van der Waals surface area contributed by atoms with E-state index in [1.807, 2.05) is 30.3 Å². The average Bonchev–Trinajstić information content (AvgIpc) is 3.34. The molecule has 0 N–H and O–H groups in total. The Morgan fingerprint density at radius 3 is 2.52 bits per heavy atom. The fourth-order valence-electron chi connectivity index (χ4n) is 4.66. The lowest BCUT2D eigenvalue weighted by molar-refractivity contribution is -0.117. The summed E-state index contributed by atoms with van der Waals surface area (Å²) in [6.07, 6.45) is 0.374. The number of carbonyl (C=O) groups excluding carboxylic acids is 1. The van der Waals surface area contributed by atoms with Crippen LogP contribution < -0.4 is 9.64 Å². The van der Waals surface area contributed by atoms with E-state index < -0.39 is 0 Å². The zero-order chi connectivity index (χ0) is 22.9. The third-order valence-corrected chi connectivity index (χ3v) is 6.09. The van der Waals surface area contributed by atoms with E-state index >= 15 is 0 Å². The average molecular weight is 444 g/mol. The first-order chi connectivity index (χ1) is 16.0. The molecule has 6 heteroatoms. The number of para-hydroxylation sites is 2. The lowest BCUT2D eigenvalue weighted by atomic mass is 10.1. The number of aryl methyl sites for hydroxylation is 2. The van der Waals surface area contributed by atoms with Gasteiger partial charge in [0.05, 0.1) is 17.6 Å². The van der Waals surface area contributed by atoms with E-state index in [4.69, 9.17) is 9.72 Å². The maximum Gasteiger partial charge on any atom is 0.227 e. The van der Waals surface area contributed by atoms with Crippen molar-refractivity contribution in [3.05, 3.63) is 89.5 Å². The minimum Gasteiger partial charge on any atom is -0.492 e. The predicted octanol–water partition coefficient (Wildman–Crippen LogP) is 5.39. The zero-order valence-electron chi connectivity index (χ0n) is 18.8. The number of imidazole rings is 1. The highest BCUT2D eigenvalue weighted by Crippen LogP contribution is 2.33. The molecule has 1 aliphatic rings. The van der Waals surface area contributed by atoms with Crippen LogP contribution in [0.1, 0.15) is 29.3 Å². The molecule has 0 bridgehead atoms. The number of carbonyl (C=O) groups is 1. The van der Waals surface area contributed by atoms with Gasteiger partial charge in [-0.3, -0.25) is 4.79 Å². The Labute approximate surface area is 192 Å². The van der Waals surface area contributed by atoms with Gasteiger partial charge < -0.3 is 14.2 Å². The topological polar surface area (TPSA) is 47.4 Å². The minimum absolute atomic E-state index is 0.0247. The molecule has 1 aromatic heterocycles. The first-order valence-corrected chi connectivity index (χ1v) is 11.2. The van der Waals surface area contributed by atoms with E-state index in [2.05, 4.69) is 30.5 Å². The standard InChI is InChI=1S/C27H26FN3O2/c1-18-13-19(2)15-23(14-18)33-12-11-30-25-6-4-3-5-24(25)29-27(30)20-16-26(32)31(17-20)22-9-7-21(28)8-10-22/h3-10,13-15,20H,11-12,16-17H2,1-2H3/t20-/m1/s1. The van der Waals surface area contributed by atoms with Crippen molar-refractivity contribution in [1.29, 1.82) is 0 Å². The van der Waals surface area contributed by atoms with Gasteiger partial charge in [0.1, 0.15) is 24.0 Å². The van der Waals surface area contributed by atoms with E-state index in [0.29, 0.717) is 31.8 Å². The van der Waals surface area contributed by atoms with Gasteiger partial charge in [0.2, 0.25) is 5.91 Å². The van der Waals surface area contributed by atoms with Crippen LogP contribution in [0.15, 0.2) is 66.7 Å². The van der Waals surface area contributed by atoms with Crippen molar-refractivity contribution in [3.63, 3.8) is 0 Å². The molecule has 2 heterocycles. The van der Waals surface area contributed by atoms with E-state index in [0.717, 1.165) is 22.6 Å². The fraction of sp³-hybridized carbons (Fsp3) is 0.259. The SMILES string of the molecule is Cc1cc(C)cc(OCCn2c([C@@H]3CC(=O)N(c4ccc(F)cc4)C3)nc3ccccc32)c1. The number of fused-ring (bicyclic) bond motifs is 1. The Balaban J connectivity index is 1.40. The summed E-state index contributed by atoms with van der Waals surface area (Å²) in [7, 11) is 0. The fourth-order valence-corrected chi connectivity index (χ4v) is 4.66. The van der Waals surface area contributed by atoms with Crippen LogP contribution in [0.4, 0.5) is 10.1 Å². The maximum atomic E-state index is 13.3. The Hall–Kier alpha value is -3.67. The summed E-state index contributed by atoms with van der Waals surface area (Å²) in [5, 5.41) is 0. The molecule has 1 saturated heterocycles. The van der Waals surface area contributed by atoms with Crippen molar-refractivity contribution in [3.8, 4) is 5.75 Å². The molecule has 3 aromatic carbocycles. The quantitative estimate of drug-likeness (QED) is 0.401. The van der Waals surface area contributed by atoms with Gasteiger partial charge in [-0.15, -0.1) is 0 Å². The molecule has 33 heavy (non-hydrogen) atoms. The van der Waals surface area contributed by atoms with Crippen molar-refractivity contribution in [2.45, 2.75) is 32.7 Å². The predicted molar refractivity (Wildman–Crippen MR) is 127 cm³/mol. The van der Waals surface area contributed by atoms with Crippen molar-refractivity contribution in [2.24, 2.45) is 0 Å². The first-order valence-electron chi connectivity index (χ1n) is 11.2. The molecule has 0 spiro atoms. The maximum absolute atomic E-state index is 13.3. The van der Waals surface area contributed by atoms with Gasteiger partial charge in [-0.1, -0.05) is 18.2 Å². The second kappa shape index (κ2) is 8.70. The van der Waals surface area contributed by atoms with Crippen LogP contribution in [0.5, 0.6) is 5.75 Å². The number of rotatable bonds is 6. The zero-order valence-corrected chi connectivity index (χ0v) is 18.8. The number of halogens is 1. The van der Waals surface area contributed by atoms with Gasteiger partial charge >= 0.3 is 0 Å². The number of amides is 1. The van der Waals surface area contributed by atoms with Crippen molar-refractivity contribution < 1.29 is 13.9 Å². The second-order valence-corrected chi connectivity index (χ2v) is 8.66. The monoisotopic (exact) mass is 443 g/mol. The Bertz CT molecular complexity index is 1290. The van der Waals surface area contributed by atoms with Gasteiger partial charge in [0.25, 0.3) is 0 Å². The van der Waals surface area contributed by atoms with Gasteiger partial charge in [-0.25, -0.2) is 9.37 Å². The van der Waals surface area contributed by atoms with E-state index in [9.17, 15) is 9.18 Å². The highest BCUT2D eigenvalue weighted by atomic mass is 19.1. The van der Waals surface area contributed by atoms with Crippen molar-refractivity contribution in [2.75, 3.05) is 18.1 Å². The number of ether oxygens (including phenoxy) is 1. The molecule has 0 unspecified atom stereocenters. The summed E-state index contributed by atoms with van der Waals surface area (Å²) in [5.74, 6) is 1.41. The van der Waals surface area contributed by atoms with Gasteiger partial charge in [-0.05, 0) is 73.5 Å². The van der Waals surface area contributed by atoms with Gasteiger partial charge in [-0.2, -0.15) is 0 Å². The molecular weight excluding hydrogens is 417 g/mol. The van der Waals surface area contributed by atoms with Crippen molar-refractivity contribution >= 4 is 22.6 Å². The summed E-state index contributed by atoms with van der Waals surface area (Å²) >= 11 is 0. The number of hydrogen-bond acceptors (Lipinski definition) is 3. The summed E-state index contributed by atoms with van der Waals surface area (Å²) in [6.45, 7) is 5.77. The molecule has 1 fully saturated rings. The largest absolute Gasteiger partial charge is 0.492 e. The van der Waals surface area contributed by atoms with Crippen LogP contribution in [0.25, 0.3) is 11.0 Å². The molecule has 0 aliphatic carbocycles. The summed E-state index contributed by atoms with van der Waals surface area (Å²) in [6, 6.07) is 20.3. The normalized spacial score (nSPS) is 16.0. The molecule has 0 saturated carbocycles. The first kappa shape index (κ1) is 21.2. The molecule has 1 amide bonds. The van der Waals surface area contributed by atoms with Crippen LogP contribution >= 0.6 is 0 Å². The molecule has 0 radical (unpaired) electrons. The number of nitrogens with zero attached hydrogens (tertiary/aromatic N) is 3. The number of benzene rings is 3. The third-order valence-electron chi connectivity index (χ3n) is 6.09. The summed E-state index contributed by atoms with van der Waals surface area (Å²) in [4.78, 5) is 19.4. The molecule has 1 atom stereocenters. The lowest BCUT2D eigenvalue weighted by Gasteiger charge is -2.17. The van der Waals surface area contributed by atoms with Crippen LogP contribution in [0.3, 0.4) is 0 Å². The molecule has 5 nitrogen and oxygen atoms in total. The van der Waals surface area contributed by atoms with E-state index in [1.165, 1.54) is 23.3 Å². The Morgan fingerprint density at radius 1 is 1.03 bits per heavy atom. The minimum atomic E-state index is -0.312. The van der Waals surface area contributed by atoms with Crippen LogP contribution in [-0.4, -0.2) is 28.6 Å². The number of aromatic nitrogens is 2. The molecule has 168 valence electrons. The Kier molecular flexibility index (Phi) is 5.58. The van der Waals surface area contributed by atoms with Crippen LogP contribution in [0.2, 0.25) is 0 Å². The molecule has 5 rings (SSSR count). The summed E-state index contributed by atoms with van der Waals surface area (Å²) in [5.41, 5.74) is 4.99. The van der Waals surface area contributed by atoms with Crippen LogP contribution in [0, 0.1) is 19.7 Å². The highest BCUT2D eigenvalue weighted by molar-refractivity contribution is 5.96. The van der Waals surface area contributed by atoms with Gasteiger partial charge in [0, 0.05) is 24.6 Å². The molecule has 1 aliphatic heterocycles. The van der Waals surface area contributed by atoms with Crippen LogP contribution in [-0.2, 0) is 11.3 Å². The van der Waals surface area contributed by atoms with Crippen molar-refractivity contribution in [1.82, 2.24) is 9.55 Å². The third kappa shape index (κ3) is 4.33. The Morgan fingerprint density at radius 2 is 1.76 bits per heavy atom. The number of anilines is 1. The molecular formula is C27H26FN3O2. The highest BCUT2D eigenvalue weighted by Gasteiger charge is 2.34.